The SMILES string of the molecule is CCCN(CCC)[C@H]1CCc2c(ccc(SO)c2OC2CC(O)CC(C(=O)O)O2)C1. The lowest BCUT2D eigenvalue weighted by Crippen LogP contribution is -2.43. The second-order valence-electron chi connectivity index (χ2n) is 8.19. The van der Waals surface area contributed by atoms with Crippen LogP contribution in [0.2, 0.25) is 0 Å². The number of carboxylic acids is 1. The Labute approximate surface area is 182 Å². The third kappa shape index (κ3) is 5.48. The first-order chi connectivity index (χ1) is 14.5. The third-order valence-corrected chi connectivity index (χ3v) is 6.45. The van der Waals surface area contributed by atoms with Crippen molar-refractivity contribution in [2.45, 2.75) is 88.2 Å². The van der Waals surface area contributed by atoms with E-state index in [1.165, 1.54) is 5.56 Å². The number of aliphatic hydroxyl groups excluding tert-OH is 1. The molecule has 3 N–H and O–H groups in total. The summed E-state index contributed by atoms with van der Waals surface area (Å²) in [6, 6.07) is 4.39. The van der Waals surface area contributed by atoms with Crippen LogP contribution in [0.25, 0.3) is 0 Å². The summed E-state index contributed by atoms with van der Waals surface area (Å²) in [6.07, 6.45) is 2.52. The highest BCUT2D eigenvalue weighted by Gasteiger charge is 2.35. The molecule has 1 aromatic rings. The monoisotopic (exact) mass is 439 g/mol. The van der Waals surface area contributed by atoms with E-state index in [1.54, 1.807) is 0 Å². The molecular formula is C22H33NO6S. The van der Waals surface area contributed by atoms with Crippen molar-refractivity contribution >= 4 is 18.0 Å². The largest absolute Gasteiger partial charge is 0.479 e. The van der Waals surface area contributed by atoms with E-state index in [1.807, 2.05) is 6.07 Å². The van der Waals surface area contributed by atoms with Gasteiger partial charge in [0.2, 0.25) is 6.29 Å². The van der Waals surface area contributed by atoms with Gasteiger partial charge in [-0.3, -0.25) is 0 Å². The summed E-state index contributed by atoms with van der Waals surface area (Å²) in [5.41, 5.74) is 2.25. The second kappa shape index (κ2) is 10.8. The minimum atomic E-state index is -1.11. The molecule has 168 valence electrons. The van der Waals surface area contributed by atoms with Crippen molar-refractivity contribution in [3.8, 4) is 5.75 Å². The normalized spacial score (nSPS) is 26.4. The van der Waals surface area contributed by atoms with E-state index < -0.39 is 24.5 Å². The molecule has 1 aliphatic carbocycles. The van der Waals surface area contributed by atoms with Gasteiger partial charge in [-0.05, 0) is 62.4 Å². The molecule has 3 unspecified atom stereocenters. The molecule has 0 aromatic heterocycles. The number of aliphatic carboxylic acids is 1. The Morgan fingerprint density at radius 2 is 2.00 bits per heavy atom. The lowest BCUT2D eigenvalue weighted by molar-refractivity contribution is -0.196. The topological polar surface area (TPSA) is 99.5 Å². The fraction of sp³-hybridized carbons (Fsp3) is 0.682. The van der Waals surface area contributed by atoms with Crippen LogP contribution in [0.4, 0.5) is 0 Å². The first kappa shape index (κ1) is 23.3. The average Bonchev–Trinajstić information content (AvgIpc) is 2.73. The minimum absolute atomic E-state index is 0.0517. The summed E-state index contributed by atoms with van der Waals surface area (Å²) in [7, 11) is 0. The van der Waals surface area contributed by atoms with Gasteiger partial charge in [0.15, 0.2) is 6.10 Å². The number of fused-ring (bicyclic) bond motifs is 1. The van der Waals surface area contributed by atoms with Gasteiger partial charge in [0.05, 0.1) is 11.0 Å². The summed E-state index contributed by atoms with van der Waals surface area (Å²) < 4.78 is 21.4. The van der Waals surface area contributed by atoms with Crippen LogP contribution in [0, 0.1) is 0 Å². The number of carboxylic acid groups (broad SMARTS) is 1. The van der Waals surface area contributed by atoms with E-state index in [4.69, 9.17) is 9.47 Å². The van der Waals surface area contributed by atoms with Crippen LogP contribution in [-0.4, -0.2) is 63.3 Å². The Bertz CT molecular complexity index is 724. The maximum atomic E-state index is 11.3. The number of aliphatic hydroxyl groups is 1. The van der Waals surface area contributed by atoms with Crippen molar-refractivity contribution in [1.29, 1.82) is 0 Å². The van der Waals surface area contributed by atoms with Crippen molar-refractivity contribution in [2.24, 2.45) is 0 Å². The van der Waals surface area contributed by atoms with Crippen molar-refractivity contribution < 1.29 is 29.0 Å². The predicted molar refractivity (Wildman–Crippen MR) is 115 cm³/mol. The van der Waals surface area contributed by atoms with Gasteiger partial charge in [0.1, 0.15) is 5.75 Å². The Morgan fingerprint density at radius 1 is 1.27 bits per heavy atom. The van der Waals surface area contributed by atoms with Gasteiger partial charge in [-0.2, -0.15) is 0 Å². The lowest BCUT2D eigenvalue weighted by atomic mass is 9.86. The van der Waals surface area contributed by atoms with Crippen molar-refractivity contribution in [3.63, 3.8) is 0 Å². The van der Waals surface area contributed by atoms with Crippen molar-refractivity contribution in [1.82, 2.24) is 4.90 Å². The molecule has 1 fully saturated rings. The smallest absolute Gasteiger partial charge is 0.333 e. The van der Waals surface area contributed by atoms with E-state index >= 15 is 0 Å². The van der Waals surface area contributed by atoms with Gasteiger partial charge < -0.3 is 29.1 Å². The number of benzene rings is 1. The summed E-state index contributed by atoms with van der Waals surface area (Å²) in [5, 5.41) is 19.3. The molecule has 30 heavy (non-hydrogen) atoms. The second-order valence-corrected chi connectivity index (χ2v) is 8.81. The Balaban J connectivity index is 1.81. The van der Waals surface area contributed by atoms with Crippen molar-refractivity contribution in [3.05, 3.63) is 23.3 Å². The first-order valence-electron chi connectivity index (χ1n) is 10.9. The standard InChI is InChI=1S/C22H33NO6S/c1-3-9-23(10-4-2)15-6-7-17-14(11-15)5-8-19(30-27)21(17)29-20-13-16(24)12-18(28-20)22(25)26/h5,8,15-16,18,20,24,27H,3-4,6-7,9-13H2,1-2H3,(H,25,26)/t15-,16?,18?,20?/m0/s1. The maximum Gasteiger partial charge on any atom is 0.333 e. The maximum absolute atomic E-state index is 11.3. The Morgan fingerprint density at radius 3 is 2.63 bits per heavy atom. The van der Waals surface area contributed by atoms with Gasteiger partial charge in [0, 0.05) is 30.9 Å². The van der Waals surface area contributed by atoms with Crippen LogP contribution >= 0.6 is 12.0 Å². The van der Waals surface area contributed by atoms with Crippen LogP contribution in [0.5, 0.6) is 5.75 Å². The van der Waals surface area contributed by atoms with E-state index in [2.05, 4.69) is 24.8 Å². The van der Waals surface area contributed by atoms with E-state index in [0.29, 0.717) is 28.7 Å². The van der Waals surface area contributed by atoms with Crippen LogP contribution in [-0.2, 0) is 22.4 Å². The summed E-state index contributed by atoms with van der Waals surface area (Å²) >= 11 is 0.618. The van der Waals surface area contributed by atoms with Gasteiger partial charge in [-0.1, -0.05) is 19.9 Å². The number of nitrogens with zero attached hydrogens (tertiary/aromatic N) is 1. The molecule has 0 amide bonds. The molecule has 1 aromatic carbocycles. The molecule has 0 radical (unpaired) electrons. The van der Waals surface area contributed by atoms with Gasteiger partial charge >= 0.3 is 5.97 Å². The molecule has 7 nitrogen and oxygen atoms in total. The van der Waals surface area contributed by atoms with E-state index in [0.717, 1.165) is 50.8 Å². The molecular weight excluding hydrogens is 406 g/mol. The first-order valence-corrected chi connectivity index (χ1v) is 11.7. The predicted octanol–water partition coefficient (Wildman–Crippen LogP) is 3.56. The summed E-state index contributed by atoms with van der Waals surface area (Å²) in [4.78, 5) is 14.5. The van der Waals surface area contributed by atoms with Crippen LogP contribution in [0.3, 0.4) is 0 Å². The van der Waals surface area contributed by atoms with Crippen LogP contribution in [0.15, 0.2) is 17.0 Å². The Kier molecular flexibility index (Phi) is 8.42. The molecule has 0 spiro atoms. The van der Waals surface area contributed by atoms with Crippen LogP contribution < -0.4 is 4.74 Å². The molecule has 2 aliphatic rings. The fourth-order valence-corrected chi connectivity index (χ4v) is 4.95. The number of carbonyl (C=O) groups is 1. The minimum Gasteiger partial charge on any atom is -0.479 e. The van der Waals surface area contributed by atoms with Gasteiger partial charge in [-0.15, -0.1) is 0 Å². The molecule has 4 atom stereocenters. The molecule has 8 heteroatoms. The fourth-order valence-electron chi connectivity index (χ4n) is 4.57. The number of rotatable bonds is 9. The molecule has 1 heterocycles. The molecule has 3 rings (SSSR count). The van der Waals surface area contributed by atoms with Crippen molar-refractivity contribution in [2.75, 3.05) is 13.1 Å². The Hall–Kier alpha value is -1.32. The zero-order valence-electron chi connectivity index (χ0n) is 17.7. The lowest BCUT2D eigenvalue weighted by Gasteiger charge is -2.36. The molecule has 1 aliphatic heterocycles. The summed E-state index contributed by atoms with van der Waals surface area (Å²) in [6.45, 7) is 6.59. The number of ether oxygens (including phenoxy) is 2. The molecule has 0 saturated carbocycles. The van der Waals surface area contributed by atoms with Gasteiger partial charge in [-0.25, -0.2) is 4.79 Å². The third-order valence-electron chi connectivity index (χ3n) is 5.93. The molecule has 1 saturated heterocycles. The number of hydrogen-bond acceptors (Lipinski definition) is 7. The average molecular weight is 440 g/mol. The molecule has 0 bridgehead atoms. The quantitative estimate of drug-likeness (QED) is 0.502. The zero-order chi connectivity index (χ0) is 21.7. The highest BCUT2D eigenvalue weighted by atomic mass is 32.2. The van der Waals surface area contributed by atoms with E-state index in [-0.39, 0.29) is 12.8 Å². The van der Waals surface area contributed by atoms with E-state index in [9.17, 15) is 19.6 Å². The highest BCUT2D eigenvalue weighted by molar-refractivity contribution is 7.93. The van der Waals surface area contributed by atoms with Crippen LogP contribution in [0.1, 0.15) is 57.1 Å². The number of hydrogen-bond donors (Lipinski definition) is 3. The zero-order valence-corrected chi connectivity index (χ0v) is 18.6. The summed E-state index contributed by atoms with van der Waals surface area (Å²) in [5.74, 6) is -0.553. The van der Waals surface area contributed by atoms with Gasteiger partial charge in [0.25, 0.3) is 0 Å². The highest BCUT2D eigenvalue weighted by Crippen LogP contribution is 2.39.